The Morgan fingerprint density at radius 1 is 1.04 bits per heavy atom. The van der Waals surface area contributed by atoms with Crippen LogP contribution in [0.4, 0.5) is 5.69 Å². The summed E-state index contributed by atoms with van der Waals surface area (Å²) in [5.74, 6) is 1.03. The van der Waals surface area contributed by atoms with Crippen molar-refractivity contribution in [3.63, 3.8) is 0 Å². The molecule has 6 heteroatoms. The molecule has 2 fully saturated rings. The van der Waals surface area contributed by atoms with E-state index in [9.17, 15) is 4.79 Å². The van der Waals surface area contributed by atoms with Gasteiger partial charge in [0.15, 0.2) is 5.82 Å². The molecule has 1 aromatic carbocycles. The summed E-state index contributed by atoms with van der Waals surface area (Å²) >= 11 is 0. The molecular weight excluding hydrogens is 350 g/mol. The van der Waals surface area contributed by atoms with E-state index in [4.69, 9.17) is 0 Å². The highest BCUT2D eigenvalue weighted by atomic mass is 16.2. The van der Waals surface area contributed by atoms with Crippen LogP contribution in [0.15, 0.2) is 36.7 Å². The average molecular weight is 380 g/mol. The fourth-order valence-electron chi connectivity index (χ4n) is 4.15. The number of piperazine rings is 1. The van der Waals surface area contributed by atoms with Crippen LogP contribution >= 0.6 is 0 Å². The highest BCUT2D eigenvalue weighted by molar-refractivity contribution is 5.79. The van der Waals surface area contributed by atoms with Crippen LogP contribution in [0.1, 0.15) is 25.3 Å². The maximum absolute atomic E-state index is 12.7. The lowest BCUT2D eigenvalue weighted by atomic mass is 10.1. The van der Waals surface area contributed by atoms with Gasteiger partial charge < -0.3 is 9.80 Å². The zero-order valence-electron chi connectivity index (χ0n) is 16.8. The number of aromatic nitrogens is 2. The Bertz CT molecular complexity index is 799. The van der Waals surface area contributed by atoms with Crippen molar-refractivity contribution >= 4 is 11.6 Å². The lowest BCUT2D eigenvalue weighted by molar-refractivity contribution is -0.134. The first-order valence-electron chi connectivity index (χ1n) is 10.3. The van der Waals surface area contributed by atoms with E-state index >= 15 is 0 Å². The molecule has 1 atom stereocenters. The summed E-state index contributed by atoms with van der Waals surface area (Å²) in [6.45, 7) is 9.38. The van der Waals surface area contributed by atoms with Gasteiger partial charge in [0, 0.05) is 49.3 Å². The largest absolute Gasteiger partial charge is 0.368 e. The molecule has 6 nitrogen and oxygen atoms in total. The van der Waals surface area contributed by atoms with E-state index in [1.807, 2.05) is 19.3 Å². The van der Waals surface area contributed by atoms with Crippen LogP contribution < -0.4 is 4.90 Å². The van der Waals surface area contributed by atoms with Crippen LogP contribution in [-0.2, 0) is 4.79 Å². The Labute approximate surface area is 167 Å². The van der Waals surface area contributed by atoms with Crippen molar-refractivity contribution in [2.75, 3.05) is 44.2 Å². The van der Waals surface area contributed by atoms with E-state index in [1.165, 1.54) is 18.5 Å². The second-order valence-corrected chi connectivity index (χ2v) is 8.00. The van der Waals surface area contributed by atoms with Crippen LogP contribution in [0.2, 0.25) is 0 Å². The number of amides is 1. The third-order valence-corrected chi connectivity index (χ3v) is 5.78. The number of likely N-dealkylation sites (tertiary alicyclic amines) is 1. The topological polar surface area (TPSA) is 52.6 Å². The summed E-state index contributed by atoms with van der Waals surface area (Å²) in [5.41, 5.74) is 3.28. The Balaban J connectivity index is 1.37. The van der Waals surface area contributed by atoms with Crippen molar-refractivity contribution in [3.8, 4) is 11.4 Å². The first kappa shape index (κ1) is 18.9. The molecule has 2 aromatic rings. The fraction of sp³-hybridized carbons (Fsp3) is 0.500. The van der Waals surface area contributed by atoms with Gasteiger partial charge in [0.25, 0.3) is 0 Å². The van der Waals surface area contributed by atoms with Crippen molar-refractivity contribution in [2.45, 2.75) is 32.7 Å². The van der Waals surface area contributed by atoms with Crippen LogP contribution in [-0.4, -0.2) is 71.0 Å². The molecule has 0 aliphatic carbocycles. The highest BCUT2D eigenvalue weighted by Crippen LogP contribution is 2.23. The van der Waals surface area contributed by atoms with Gasteiger partial charge in [-0.05, 0) is 69.6 Å². The normalized spacial score (nSPS) is 20.6. The van der Waals surface area contributed by atoms with Crippen molar-refractivity contribution in [1.82, 2.24) is 19.8 Å². The van der Waals surface area contributed by atoms with Crippen molar-refractivity contribution in [2.24, 2.45) is 0 Å². The first-order valence-corrected chi connectivity index (χ1v) is 10.3. The van der Waals surface area contributed by atoms with Crippen LogP contribution in [0, 0.1) is 6.92 Å². The fourth-order valence-corrected chi connectivity index (χ4v) is 4.15. The molecule has 0 bridgehead atoms. The van der Waals surface area contributed by atoms with Gasteiger partial charge in [0.05, 0.1) is 6.54 Å². The minimum absolute atomic E-state index is 0.226. The molecule has 3 heterocycles. The van der Waals surface area contributed by atoms with Crippen LogP contribution in [0.25, 0.3) is 11.4 Å². The molecule has 0 saturated carbocycles. The van der Waals surface area contributed by atoms with Gasteiger partial charge in [0.1, 0.15) is 0 Å². The number of carbonyl (C=O) groups excluding carboxylic acids is 1. The number of hydrogen-bond donors (Lipinski definition) is 0. The number of anilines is 1. The molecule has 1 amide bonds. The number of nitrogens with zero attached hydrogens (tertiary/aromatic N) is 5. The van der Waals surface area contributed by atoms with Gasteiger partial charge >= 0.3 is 0 Å². The summed E-state index contributed by atoms with van der Waals surface area (Å²) in [7, 11) is 0. The van der Waals surface area contributed by atoms with E-state index in [0.717, 1.165) is 49.7 Å². The molecule has 2 aliphatic rings. The molecule has 28 heavy (non-hydrogen) atoms. The molecule has 2 saturated heterocycles. The molecule has 2 aliphatic heterocycles. The van der Waals surface area contributed by atoms with Crippen molar-refractivity contribution in [3.05, 3.63) is 42.2 Å². The lowest BCUT2D eigenvalue weighted by Crippen LogP contribution is -2.55. The molecule has 148 valence electrons. The van der Waals surface area contributed by atoms with Gasteiger partial charge in [-0.2, -0.15) is 0 Å². The number of benzene rings is 1. The van der Waals surface area contributed by atoms with E-state index in [0.29, 0.717) is 6.54 Å². The smallest absolute Gasteiger partial charge is 0.237 e. The van der Waals surface area contributed by atoms with E-state index < -0.39 is 0 Å². The standard InChI is InChI=1S/C22H29N5O/c1-17-13-23-22(24-14-17)19-5-7-20(8-6-19)26-11-12-27(18(2)15-26)21(28)16-25-9-3-4-10-25/h5-8,13-14,18H,3-4,9-12,15-16H2,1-2H3/t18-/m1/s1. The van der Waals surface area contributed by atoms with E-state index in [1.54, 1.807) is 0 Å². The average Bonchev–Trinajstić information content (AvgIpc) is 3.21. The summed E-state index contributed by atoms with van der Waals surface area (Å²) in [5, 5.41) is 0. The number of aryl methyl sites for hydroxylation is 1. The summed E-state index contributed by atoms with van der Waals surface area (Å²) in [4.78, 5) is 28.2. The van der Waals surface area contributed by atoms with Gasteiger partial charge in [0.2, 0.25) is 5.91 Å². The number of carbonyl (C=O) groups is 1. The van der Waals surface area contributed by atoms with Gasteiger partial charge in [-0.3, -0.25) is 9.69 Å². The van der Waals surface area contributed by atoms with E-state index in [2.05, 4.69) is 55.9 Å². The Kier molecular flexibility index (Phi) is 5.57. The monoisotopic (exact) mass is 379 g/mol. The molecule has 1 aromatic heterocycles. The quantitative estimate of drug-likeness (QED) is 0.817. The molecule has 4 rings (SSSR count). The highest BCUT2D eigenvalue weighted by Gasteiger charge is 2.29. The lowest BCUT2D eigenvalue weighted by Gasteiger charge is -2.41. The predicted molar refractivity (Wildman–Crippen MR) is 111 cm³/mol. The predicted octanol–water partition coefficient (Wildman–Crippen LogP) is 2.58. The molecular formula is C22H29N5O. The number of rotatable bonds is 4. The maximum Gasteiger partial charge on any atom is 0.237 e. The third kappa shape index (κ3) is 4.17. The minimum atomic E-state index is 0.226. The first-order chi connectivity index (χ1) is 13.6. The Morgan fingerprint density at radius 3 is 2.36 bits per heavy atom. The van der Waals surface area contributed by atoms with Crippen molar-refractivity contribution < 1.29 is 4.79 Å². The zero-order valence-corrected chi connectivity index (χ0v) is 16.8. The minimum Gasteiger partial charge on any atom is -0.368 e. The van der Waals surface area contributed by atoms with Gasteiger partial charge in [-0.25, -0.2) is 9.97 Å². The van der Waals surface area contributed by atoms with E-state index in [-0.39, 0.29) is 11.9 Å². The second kappa shape index (κ2) is 8.27. The van der Waals surface area contributed by atoms with Crippen molar-refractivity contribution in [1.29, 1.82) is 0 Å². The third-order valence-electron chi connectivity index (χ3n) is 5.78. The second-order valence-electron chi connectivity index (χ2n) is 8.00. The van der Waals surface area contributed by atoms with Gasteiger partial charge in [-0.15, -0.1) is 0 Å². The summed E-state index contributed by atoms with van der Waals surface area (Å²) in [6, 6.07) is 8.65. The van der Waals surface area contributed by atoms with Gasteiger partial charge in [-0.1, -0.05) is 0 Å². The molecule has 0 N–H and O–H groups in total. The Morgan fingerprint density at radius 2 is 1.71 bits per heavy atom. The van der Waals surface area contributed by atoms with Crippen LogP contribution in [0.3, 0.4) is 0 Å². The zero-order chi connectivity index (χ0) is 19.5. The number of hydrogen-bond acceptors (Lipinski definition) is 5. The van der Waals surface area contributed by atoms with Crippen LogP contribution in [0.5, 0.6) is 0 Å². The SMILES string of the molecule is Cc1cnc(-c2ccc(N3CCN(C(=O)CN4CCCC4)[C@H](C)C3)cc2)nc1. The molecule has 0 spiro atoms. The molecule has 0 unspecified atom stereocenters. The molecule has 0 radical (unpaired) electrons. The Hall–Kier alpha value is -2.47. The summed E-state index contributed by atoms with van der Waals surface area (Å²) in [6.07, 6.45) is 6.13. The maximum atomic E-state index is 12.7. The summed E-state index contributed by atoms with van der Waals surface area (Å²) < 4.78 is 0.